The molecule has 0 fully saturated rings. The predicted octanol–water partition coefficient (Wildman–Crippen LogP) is 4.34. The van der Waals surface area contributed by atoms with Crippen molar-refractivity contribution in [2.45, 2.75) is 13.3 Å². The molecule has 0 saturated carbocycles. The number of aromatic amines is 1. The summed E-state index contributed by atoms with van der Waals surface area (Å²) in [5, 5.41) is 3.39. The van der Waals surface area contributed by atoms with Crippen molar-refractivity contribution in [2.24, 2.45) is 0 Å². The molecule has 2 N–H and O–H groups in total. The molecule has 0 aliphatic carbocycles. The maximum Gasteiger partial charge on any atom is 0.332 e. The number of methoxy groups -OCH3 is 1. The molecule has 0 aliphatic rings. The highest BCUT2D eigenvalue weighted by Gasteiger charge is 2.09. The van der Waals surface area contributed by atoms with Gasteiger partial charge in [-0.25, -0.2) is 4.79 Å². The lowest BCUT2D eigenvalue weighted by Gasteiger charge is -2.10. The van der Waals surface area contributed by atoms with Gasteiger partial charge >= 0.3 is 5.69 Å². The molecule has 0 aliphatic heterocycles. The van der Waals surface area contributed by atoms with E-state index in [4.69, 9.17) is 16.3 Å². The van der Waals surface area contributed by atoms with Gasteiger partial charge in [0.25, 0.3) is 5.56 Å². The van der Waals surface area contributed by atoms with Crippen LogP contribution in [0.5, 0.6) is 5.75 Å². The van der Waals surface area contributed by atoms with Crippen LogP contribution in [-0.2, 0) is 11.2 Å². The Morgan fingerprint density at radius 1 is 1.03 bits per heavy atom. The van der Waals surface area contributed by atoms with Crippen LogP contribution in [0, 0.1) is 6.92 Å². The SMILES string of the molecule is COc1ccc(-c2cccc(CC(=O)Nc3ccc(-n4cc(C)c(=O)[nH]c4=O)cc3)c2)cc1Cl. The van der Waals surface area contributed by atoms with Gasteiger partial charge in [0.1, 0.15) is 5.75 Å². The third kappa shape index (κ3) is 5.10. The third-order valence-corrected chi connectivity index (χ3v) is 5.62. The molecule has 1 amide bonds. The second kappa shape index (κ2) is 9.80. The van der Waals surface area contributed by atoms with E-state index < -0.39 is 11.2 Å². The molecule has 8 heteroatoms. The number of carbonyl (C=O) groups excluding carboxylic acids is 1. The van der Waals surface area contributed by atoms with Gasteiger partial charge in [0, 0.05) is 17.4 Å². The first-order valence-electron chi connectivity index (χ1n) is 10.5. The van der Waals surface area contributed by atoms with Gasteiger partial charge < -0.3 is 10.1 Å². The summed E-state index contributed by atoms with van der Waals surface area (Å²) in [6, 6.07) is 20.1. The molecule has 172 valence electrons. The summed E-state index contributed by atoms with van der Waals surface area (Å²) < 4.78 is 6.55. The quantitative estimate of drug-likeness (QED) is 0.433. The van der Waals surface area contributed by atoms with E-state index in [0.717, 1.165) is 16.7 Å². The van der Waals surface area contributed by atoms with Crippen molar-refractivity contribution in [3.05, 3.63) is 110 Å². The van der Waals surface area contributed by atoms with Crippen LogP contribution in [0.4, 0.5) is 5.69 Å². The summed E-state index contributed by atoms with van der Waals surface area (Å²) in [4.78, 5) is 38.5. The van der Waals surface area contributed by atoms with Crippen LogP contribution in [0.2, 0.25) is 5.02 Å². The highest BCUT2D eigenvalue weighted by atomic mass is 35.5. The van der Waals surface area contributed by atoms with Crippen molar-refractivity contribution in [3.8, 4) is 22.6 Å². The van der Waals surface area contributed by atoms with Crippen LogP contribution in [0.25, 0.3) is 16.8 Å². The Balaban J connectivity index is 1.46. The topological polar surface area (TPSA) is 93.2 Å². The Kier molecular flexibility index (Phi) is 6.65. The van der Waals surface area contributed by atoms with Crippen molar-refractivity contribution < 1.29 is 9.53 Å². The summed E-state index contributed by atoms with van der Waals surface area (Å²) >= 11 is 6.24. The van der Waals surface area contributed by atoms with Crippen molar-refractivity contribution in [1.29, 1.82) is 0 Å². The third-order valence-electron chi connectivity index (χ3n) is 5.33. The van der Waals surface area contributed by atoms with Gasteiger partial charge in [0.15, 0.2) is 0 Å². The van der Waals surface area contributed by atoms with E-state index in [-0.39, 0.29) is 12.3 Å². The number of halogens is 1. The Bertz CT molecular complexity index is 1470. The number of rotatable bonds is 6. The molecular weight excluding hydrogens is 454 g/mol. The second-order valence-corrected chi connectivity index (χ2v) is 8.17. The maximum absolute atomic E-state index is 12.6. The fourth-order valence-corrected chi connectivity index (χ4v) is 3.82. The van der Waals surface area contributed by atoms with Gasteiger partial charge in [-0.1, -0.05) is 41.9 Å². The molecule has 0 saturated heterocycles. The van der Waals surface area contributed by atoms with Gasteiger partial charge in [0.2, 0.25) is 5.91 Å². The Labute approximate surface area is 200 Å². The highest BCUT2D eigenvalue weighted by molar-refractivity contribution is 6.32. The van der Waals surface area contributed by atoms with Crippen LogP contribution < -0.4 is 21.3 Å². The zero-order chi connectivity index (χ0) is 24.2. The van der Waals surface area contributed by atoms with Crippen molar-refractivity contribution >= 4 is 23.2 Å². The molecule has 0 bridgehead atoms. The Hall–Kier alpha value is -4.10. The molecule has 34 heavy (non-hydrogen) atoms. The zero-order valence-corrected chi connectivity index (χ0v) is 19.3. The number of hydrogen-bond donors (Lipinski definition) is 2. The molecule has 0 radical (unpaired) electrons. The highest BCUT2D eigenvalue weighted by Crippen LogP contribution is 2.30. The smallest absolute Gasteiger partial charge is 0.332 e. The summed E-state index contributed by atoms with van der Waals surface area (Å²) in [6.07, 6.45) is 1.68. The van der Waals surface area contributed by atoms with Gasteiger partial charge in [0.05, 0.1) is 24.2 Å². The summed E-state index contributed by atoms with van der Waals surface area (Å²) in [7, 11) is 1.57. The number of H-pyrrole nitrogens is 1. The molecular formula is C26H22ClN3O4. The first-order valence-corrected chi connectivity index (χ1v) is 10.9. The van der Waals surface area contributed by atoms with Crippen LogP contribution in [-0.4, -0.2) is 22.6 Å². The van der Waals surface area contributed by atoms with Crippen LogP contribution in [0.1, 0.15) is 11.1 Å². The molecule has 7 nitrogen and oxygen atoms in total. The molecule has 1 heterocycles. The molecule has 4 rings (SSSR count). The number of aromatic nitrogens is 2. The fourth-order valence-electron chi connectivity index (χ4n) is 3.56. The maximum atomic E-state index is 12.6. The number of benzene rings is 3. The number of nitrogens with one attached hydrogen (secondary N) is 2. The van der Waals surface area contributed by atoms with Crippen molar-refractivity contribution in [3.63, 3.8) is 0 Å². The number of anilines is 1. The average Bonchev–Trinajstić information content (AvgIpc) is 2.82. The first-order chi connectivity index (χ1) is 16.3. The van der Waals surface area contributed by atoms with E-state index >= 15 is 0 Å². The zero-order valence-electron chi connectivity index (χ0n) is 18.6. The summed E-state index contributed by atoms with van der Waals surface area (Å²) in [6.45, 7) is 1.63. The van der Waals surface area contributed by atoms with Gasteiger partial charge in [-0.2, -0.15) is 0 Å². The standard InChI is InChI=1S/C26H22ClN3O4/c1-16-15-30(26(33)29-25(16)32)21-9-7-20(8-10-21)28-24(31)13-17-4-3-5-18(12-17)19-6-11-23(34-2)22(27)14-19/h3-12,14-15H,13H2,1-2H3,(H,28,31)(H,29,32,33). The predicted molar refractivity (Wildman–Crippen MR) is 133 cm³/mol. The lowest BCUT2D eigenvalue weighted by molar-refractivity contribution is -0.115. The Morgan fingerprint density at radius 3 is 2.47 bits per heavy atom. The van der Waals surface area contributed by atoms with E-state index in [0.29, 0.717) is 27.7 Å². The van der Waals surface area contributed by atoms with Gasteiger partial charge in [-0.3, -0.25) is 19.1 Å². The minimum absolute atomic E-state index is 0.172. The van der Waals surface area contributed by atoms with E-state index in [1.165, 1.54) is 10.8 Å². The molecule has 0 spiro atoms. The van der Waals surface area contributed by atoms with Gasteiger partial charge in [-0.05, 0) is 60.0 Å². The largest absolute Gasteiger partial charge is 0.495 e. The summed E-state index contributed by atoms with van der Waals surface area (Å²) in [5.41, 5.74) is 3.39. The fraction of sp³-hybridized carbons (Fsp3) is 0.115. The molecule has 3 aromatic carbocycles. The molecule has 0 atom stereocenters. The van der Waals surface area contributed by atoms with Crippen LogP contribution >= 0.6 is 11.6 Å². The minimum Gasteiger partial charge on any atom is -0.495 e. The summed E-state index contributed by atoms with van der Waals surface area (Å²) in [5.74, 6) is 0.433. The number of ether oxygens (including phenoxy) is 1. The monoisotopic (exact) mass is 475 g/mol. The molecule has 1 aromatic heterocycles. The molecule has 4 aromatic rings. The lowest BCUT2D eigenvalue weighted by atomic mass is 10.0. The van der Waals surface area contributed by atoms with Crippen LogP contribution in [0.15, 0.2) is 82.5 Å². The Morgan fingerprint density at radius 2 is 1.76 bits per heavy atom. The van der Waals surface area contributed by atoms with Crippen LogP contribution in [0.3, 0.4) is 0 Å². The van der Waals surface area contributed by atoms with E-state index in [9.17, 15) is 14.4 Å². The van der Waals surface area contributed by atoms with E-state index in [1.807, 2.05) is 42.5 Å². The first kappa shape index (κ1) is 23.1. The minimum atomic E-state index is -0.523. The molecule has 0 unspecified atom stereocenters. The van der Waals surface area contributed by atoms with E-state index in [2.05, 4.69) is 10.3 Å². The number of nitrogens with zero attached hydrogens (tertiary/aromatic N) is 1. The lowest BCUT2D eigenvalue weighted by Crippen LogP contribution is -2.29. The number of amides is 1. The van der Waals surface area contributed by atoms with E-state index in [1.54, 1.807) is 38.3 Å². The normalized spacial score (nSPS) is 10.7. The number of aryl methyl sites for hydroxylation is 1. The van der Waals surface area contributed by atoms with Crippen molar-refractivity contribution in [2.75, 3.05) is 12.4 Å². The average molecular weight is 476 g/mol. The number of carbonyl (C=O) groups is 1. The van der Waals surface area contributed by atoms with Crippen molar-refractivity contribution in [1.82, 2.24) is 9.55 Å². The second-order valence-electron chi connectivity index (χ2n) is 7.76. The van der Waals surface area contributed by atoms with Gasteiger partial charge in [-0.15, -0.1) is 0 Å². The number of hydrogen-bond acceptors (Lipinski definition) is 4.